The maximum atomic E-state index is 9.24. The Kier molecular flexibility index (Phi) is 3.09. The lowest BCUT2D eigenvalue weighted by Crippen LogP contribution is -2.20. The van der Waals surface area contributed by atoms with Gasteiger partial charge in [0.15, 0.2) is 5.76 Å². The molecule has 0 aliphatic carbocycles. The Morgan fingerprint density at radius 1 is 1.40 bits per heavy atom. The summed E-state index contributed by atoms with van der Waals surface area (Å²) in [5, 5.41) is 9.24. The van der Waals surface area contributed by atoms with Gasteiger partial charge >= 0.3 is 0 Å². The van der Waals surface area contributed by atoms with E-state index in [1.165, 1.54) is 0 Å². The van der Waals surface area contributed by atoms with Crippen LogP contribution in [0.2, 0.25) is 0 Å². The summed E-state index contributed by atoms with van der Waals surface area (Å²) in [7, 11) is 0. The van der Waals surface area contributed by atoms with Crippen molar-refractivity contribution in [2.45, 2.75) is 13.0 Å². The molecule has 2 rings (SSSR count). The molecule has 0 spiro atoms. The summed E-state index contributed by atoms with van der Waals surface area (Å²) in [6.07, 6.45) is 0. The standard InChI is InChI=1S/C11H12BrNO2/c1-7-10(6-14)11(15-13-7)8-2-4-9(12)5-3-8/h2-5,7,13-14H,6H2,1H3. The van der Waals surface area contributed by atoms with Crippen LogP contribution in [0.3, 0.4) is 0 Å². The van der Waals surface area contributed by atoms with Crippen molar-refractivity contribution in [3.8, 4) is 0 Å². The van der Waals surface area contributed by atoms with Crippen LogP contribution < -0.4 is 5.48 Å². The van der Waals surface area contributed by atoms with E-state index in [0.29, 0.717) is 0 Å². The van der Waals surface area contributed by atoms with Crippen LogP contribution in [0.1, 0.15) is 12.5 Å². The van der Waals surface area contributed by atoms with Crippen molar-refractivity contribution >= 4 is 21.7 Å². The lowest BCUT2D eigenvalue weighted by atomic mass is 10.1. The topological polar surface area (TPSA) is 41.5 Å². The normalized spacial score (nSPS) is 20.6. The molecule has 1 unspecified atom stereocenters. The number of hydrogen-bond donors (Lipinski definition) is 2. The van der Waals surface area contributed by atoms with Gasteiger partial charge in [-0.25, -0.2) is 0 Å². The van der Waals surface area contributed by atoms with E-state index in [0.717, 1.165) is 21.4 Å². The zero-order chi connectivity index (χ0) is 10.8. The van der Waals surface area contributed by atoms with Gasteiger partial charge in [0.05, 0.1) is 12.6 Å². The van der Waals surface area contributed by atoms with Crippen LogP contribution in [0.5, 0.6) is 0 Å². The van der Waals surface area contributed by atoms with Gasteiger partial charge < -0.3 is 9.94 Å². The molecular formula is C11H12BrNO2. The summed E-state index contributed by atoms with van der Waals surface area (Å²) in [6.45, 7) is 1.97. The van der Waals surface area contributed by atoms with E-state index in [9.17, 15) is 5.11 Å². The Bertz CT molecular complexity index is 386. The van der Waals surface area contributed by atoms with Gasteiger partial charge in [-0.3, -0.25) is 0 Å². The van der Waals surface area contributed by atoms with Crippen LogP contribution >= 0.6 is 15.9 Å². The monoisotopic (exact) mass is 269 g/mol. The molecule has 1 atom stereocenters. The van der Waals surface area contributed by atoms with E-state index < -0.39 is 0 Å². The molecule has 2 N–H and O–H groups in total. The molecule has 0 radical (unpaired) electrons. The highest BCUT2D eigenvalue weighted by molar-refractivity contribution is 9.10. The number of aliphatic hydroxyl groups is 1. The molecule has 0 aromatic heterocycles. The van der Waals surface area contributed by atoms with Crippen LogP contribution in [0.25, 0.3) is 5.76 Å². The summed E-state index contributed by atoms with van der Waals surface area (Å²) >= 11 is 3.38. The molecule has 3 nitrogen and oxygen atoms in total. The summed E-state index contributed by atoms with van der Waals surface area (Å²) in [5.41, 5.74) is 4.70. The Labute approximate surface area is 96.8 Å². The van der Waals surface area contributed by atoms with Gasteiger partial charge in [0.1, 0.15) is 0 Å². The largest absolute Gasteiger partial charge is 0.407 e. The van der Waals surface area contributed by atoms with E-state index in [2.05, 4.69) is 21.4 Å². The van der Waals surface area contributed by atoms with Crippen molar-refractivity contribution in [3.05, 3.63) is 39.9 Å². The fourth-order valence-corrected chi connectivity index (χ4v) is 1.80. The third-order valence-electron chi connectivity index (χ3n) is 2.43. The second-order valence-corrected chi connectivity index (χ2v) is 4.38. The van der Waals surface area contributed by atoms with E-state index in [1.54, 1.807) is 0 Å². The first-order valence-electron chi connectivity index (χ1n) is 4.74. The van der Waals surface area contributed by atoms with Crippen LogP contribution in [-0.2, 0) is 4.84 Å². The number of rotatable bonds is 2. The molecule has 0 bridgehead atoms. The van der Waals surface area contributed by atoms with Gasteiger partial charge in [0.2, 0.25) is 0 Å². The molecule has 1 aromatic carbocycles. The maximum Gasteiger partial charge on any atom is 0.157 e. The second kappa shape index (κ2) is 4.35. The Morgan fingerprint density at radius 3 is 2.67 bits per heavy atom. The van der Waals surface area contributed by atoms with Crippen molar-refractivity contribution in [1.82, 2.24) is 5.48 Å². The van der Waals surface area contributed by atoms with Crippen LogP contribution in [0.15, 0.2) is 34.3 Å². The zero-order valence-electron chi connectivity index (χ0n) is 8.33. The third kappa shape index (κ3) is 2.07. The fourth-order valence-electron chi connectivity index (χ4n) is 1.53. The van der Waals surface area contributed by atoms with Crippen LogP contribution in [0, 0.1) is 0 Å². The lowest BCUT2D eigenvalue weighted by Gasteiger charge is -2.03. The molecule has 0 saturated carbocycles. The Balaban J connectivity index is 2.38. The van der Waals surface area contributed by atoms with Crippen molar-refractivity contribution in [3.63, 3.8) is 0 Å². The maximum absolute atomic E-state index is 9.24. The number of hydroxylamine groups is 1. The minimum Gasteiger partial charge on any atom is -0.407 e. The number of nitrogens with one attached hydrogen (secondary N) is 1. The van der Waals surface area contributed by atoms with Gasteiger partial charge in [0, 0.05) is 15.6 Å². The molecule has 4 heteroatoms. The van der Waals surface area contributed by atoms with Gasteiger partial charge in [-0.05, 0) is 19.1 Å². The minimum atomic E-state index is 0.0135. The highest BCUT2D eigenvalue weighted by Crippen LogP contribution is 2.27. The SMILES string of the molecule is CC1NOC(c2ccc(Br)cc2)=C1CO. The Hall–Kier alpha value is -0.840. The van der Waals surface area contributed by atoms with E-state index in [-0.39, 0.29) is 12.6 Å². The smallest absolute Gasteiger partial charge is 0.157 e. The summed E-state index contributed by atoms with van der Waals surface area (Å²) in [5.74, 6) is 0.734. The van der Waals surface area contributed by atoms with E-state index >= 15 is 0 Å². The molecule has 0 amide bonds. The van der Waals surface area contributed by atoms with Crippen molar-refractivity contribution in [1.29, 1.82) is 0 Å². The van der Waals surface area contributed by atoms with Crippen molar-refractivity contribution < 1.29 is 9.94 Å². The minimum absolute atomic E-state index is 0.0135. The molecule has 1 heterocycles. The third-order valence-corrected chi connectivity index (χ3v) is 2.96. The van der Waals surface area contributed by atoms with E-state index in [1.807, 2.05) is 31.2 Å². The van der Waals surface area contributed by atoms with Crippen LogP contribution in [0.4, 0.5) is 0 Å². The predicted molar refractivity (Wildman–Crippen MR) is 61.8 cm³/mol. The van der Waals surface area contributed by atoms with Crippen LogP contribution in [-0.4, -0.2) is 17.8 Å². The molecule has 1 aliphatic heterocycles. The molecule has 0 fully saturated rings. The predicted octanol–water partition coefficient (Wildman–Crippen LogP) is 2.08. The number of hydrogen-bond acceptors (Lipinski definition) is 3. The molecule has 1 aromatic rings. The average molecular weight is 270 g/mol. The molecule has 15 heavy (non-hydrogen) atoms. The first kappa shape index (κ1) is 10.7. The van der Waals surface area contributed by atoms with Gasteiger partial charge in [-0.15, -0.1) is 5.48 Å². The first-order valence-corrected chi connectivity index (χ1v) is 5.54. The number of aliphatic hydroxyl groups excluding tert-OH is 1. The molecule has 0 saturated heterocycles. The van der Waals surface area contributed by atoms with E-state index in [4.69, 9.17) is 4.84 Å². The number of halogens is 1. The van der Waals surface area contributed by atoms with Gasteiger partial charge in [-0.2, -0.15) is 0 Å². The lowest BCUT2D eigenvalue weighted by molar-refractivity contribution is 0.165. The summed E-state index contributed by atoms with van der Waals surface area (Å²) < 4.78 is 1.02. The number of benzene rings is 1. The Morgan fingerprint density at radius 2 is 2.07 bits per heavy atom. The fraction of sp³-hybridized carbons (Fsp3) is 0.273. The zero-order valence-corrected chi connectivity index (χ0v) is 9.91. The summed E-state index contributed by atoms with van der Waals surface area (Å²) in [4.78, 5) is 5.35. The van der Waals surface area contributed by atoms with Gasteiger partial charge in [0.25, 0.3) is 0 Å². The first-order chi connectivity index (χ1) is 7.22. The average Bonchev–Trinajstić information content (AvgIpc) is 2.61. The summed E-state index contributed by atoms with van der Waals surface area (Å²) in [6, 6.07) is 7.87. The van der Waals surface area contributed by atoms with Crippen molar-refractivity contribution in [2.75, 3.05) is 6.61 Å². The second-order valence-electron chi connectivity index (χ2n) is 3.46. The quantitative estimate of drug-likeness (QED) is 0.864. The highest BCUT2D eigenvalue weighted by Gasteiger charge is 2.23. The molecular weight excluding hydrogens is 258 g/mol. The molecule has 80 valence electrons. The van der Waals surface area contributed by atoms with Gasteiger partial charge in [-0.1, -0.05) is 28.1 Å². The molecule has 1 aliphatic rings. The highest BCUT2D eigenvalue weighted by atomic mass is 79.9. The van der Waals surface area contributed by atoms with Crippen molar-refractivity contribution in [2.24, 2.45) is 0 Å².